The van der Waals surface area contributed by atoms with Crippen LogP contribution in [0.5, 0.6) is 5.75 Å². The van der Waals surface area contributed by atoms with E-state index in [2.05, 4.69) is 58.1 Å². The van der Waals surface area contributed by atoms with E-state index in [4.69, 9.17) is 9.15 Å². The van der Waals surface area contributed by atoms with E-state index in [0.29, 0.717) is 18.7 Å². The molecule has 4 nitrogen and oxygen atoms in total. The molecule has 0 saturated heterocycles. The summed E-state index contributed by atoms with van der Waals surface area (Å²) in [6.45, 7) is 11.3. The summed E-state index contributed by atoms with van der Waals surface area (Å²) >= 11 is 0. The third kappa shape index (κ3) is 4.45. The molecule has 0 bridgehead atoms. The van der Waals surface area contributed by atoms with E-state index in [9.17, 15) is 4.79 Å². The van der Waals surface area contributed by atoms with Gasteiger partial charge in [0.1, 0.15) is 17.1 Å². The number of carbonyl (C=O) groups is 1. The monoisotopic (exact) mass is 467 g/mol. The molecule has 1 aromatic heterocycles. The van der Waals surface area contributed by atoms with Gasteiger partial charge in [0.15, 0.2) is 5.76 Å². The summed E-state index contributed by atoms with van der Waals surface area (Å²) in [6.07, 6.45) is 2.68. The lowest BCUT2D eigenvalue weighted by atomic mass is 9.84. The van der Waals surface area contributed by atoms with Crippen molar-refractivity contribution in [2.75, 3.05) is 0 Å². The molecule has 180 valence electrons. The van der Waals surface area contributed by atoms with Crippen molar-refractivity contribution < 1.29 is 13.9 Å². The molecular weight excluding hydrogens is 434 g/mol. The second-order valence-corrected chi connectivity index (χ2v) is 10.3. The fourth-order valence-electron chi connectivity index (χ4n) is 5.19. The van der Waals surface area contributed by atoms with Crippen LogP contribution >= 0.6 is 0 Å². The van der Waals surface area contributed by atoms with E-state index in [1.165, 1.54) is 33.2 Å². The Balaban J connectivity index is 1.33. The average Bonchev–Trinajstić information content (AvgIpc) is 3.32. The summed E-state index contributed by atoms with van der Waals surface area (Å²) in [7, 11) is 0. The molecule has 0 aliphatic carbocycles. The molecule has 5 rings (SSSR count). The van der Waals surface area contributed by atoms with Crippen molar-refractivity contribution in [1.29, 1.82) is 0 Å². The van der Waals surface area contributed by atoms with Gasteiger partial charge in [-0.1, -0.05) is 42.5 Å². The van der Waals surface area contributed by atoms with Crippen LogP contribution in [-0.2, 0) is 19.4 Å². The first-order valence-electron chi connectivity index (χ1n) is 12.4. The summed E-state index contributed by atoms with van der Waals surface area (Å²) in [5.41, 5.74) is 7.24. The first-order valence-corrected chi connectivity index (χ1v) is 12.4. The van der Waals surface area contributed by atoms with Crippen LogP contribution in [0.3, 0.4) is 0 Å². The van der Waals surface area contributed by atoms with Gasteiger partial charge in [-0.05, 0) is 104 Å². The number of hydrogen-bond acceptors (Lipinski definition) is 3. The summed E-state index contributed by atoms with van der Waals surface area (Å²) in [6, 6.07) is 18.0. The van der Waals surface area contributed by atoms with E-state index >= 15 is 0 Å². The van der Waals surface area contributed by atoms with Crippen LogP contribution < -0.4 is 10.1 Å². The maximum Gasteiger partial charge on any atom is 0.287 e. The van der Waals surface area contributed by atoms with Crippen molar-refractivity contribution in [2.24, 2.45) is 0 Å². The van der Waals surface area contributed by atoms with Crippen molar-refractivity contribution in [3.05, 3.63) is 99.5 Å². The van der Waals surface area contributed by atoms with Gasteiger partial charge in [-0.15, -0.1) is 0 Å². The van der Waals surface area contributed by atoms with Gasteiger partial charge in [-0.25, -0.2) is 0 Å². The molecule has 0 atom stereocenters. The van der Waals surface area contributed by atoms with Crippen molar-refractivity contribution in [2.45, 2.75) is 66.0 Å². The highest BCUT2D eigenvalue weighted by molar-refractivity contribution is 5.92. The number of hydrogen-bond donors (Lipinski definition) is 1. The number of ether oxygens (including phenoxy) is 1. The van der Waals surface area contributed by atoms with Crippen molar-refractivity contribution in [3.8, 4) is 5.75 Å². The fraction of sp³-hybridized carbons (Fsp3) is 0.323. The molecule has 0 saturated carbocycles. The molecule has 0 spiro atoms. The normalized spacial score (nSPS) is 14.4. The molecule has 1 N–H and O–H groups in total. The van der Waals surface area contributed by atoms with Crippen LogP contribution in [0.25, 0.3) is 10.8 Å². The van der Waals surface area contributed by atoms with Crippen LogP contribution in [0.4, 0.5) is 0 Å². The Bertz CT molecular complexity index is 1420. The molecule has 1 amide bonds. The molecule has 1 aliphatic heterocycles. The Hall–Kier alpha value is -3.53. The number of nitrogens with one attached hydrogen (secondary N) is 1. The Labute approximate surface area is 207 Å². The Morgan fingerprint density at radius 2 is 1.71 bits per heavy atom. The number of amides is 1. The molecule has 35 heavy (non-hydrogen) atoms. The fourth-order valence-corrected chi connectivity index (χ4v) is 5.19. The van der Waals surface area contributed by atoms with E-state index in [-0.39, 0.29) is 11.5 Å². The number of carbonyl (C=O) groups excluding carboxylic acids is 1. The molecule has 0 fully saturated rings. The quantitative estimate of drug-likeness (QED) is 0.344. The maximum atomic E-state index is 12.8. The highest BCUT2D eigenvalue weighted by atomic mass is 16.5. The molecule has 0 radical (unpaired) electrons. The van der Waals surface area contributed by atoms with Gasteiger partial charge in [0.25, 0.3) is 5.91 Å². The van der Waals surface area contributed by atoms with Crippen LogP contribution in [-0.4, -0.2) is 11.5 Å². The minimum atomic E-state index is -0.199. The molecule has 2 heterocycles. The SMILES string of the molecule is Cc1c(C)c2c(c(C)c1Cc1ccc(C(=O)NCc3cccc4ccccc34)o1)CCC(C)(C)O2. The van der Waals surface area contributed by atoms with Crippen LogP contribution in [0.15, 0.2) is 59.0 Å². The lowest BCUT2D eigenvalue weighted by Crippen LogP contribution is -2.33. The predicted octanol–water partition coefficient (Wildman–Crippen LogP) is 6.98. The topological polar surface area (TPSA) is 51.5 Å². The summed E-state index contributed by atoms with van der Waals surface area (Å²) < 4.78 is 12.4. The third-order valence-corrected chi connectivity index (χ3v) is 7.45. The Morgan fingerprint density at radius 1 is 0.943 bits per heavy atom. The number of fused-ring (bicyclic) bond motifs is 2. The third-order valence-electron chi connectivity index (χ3n) is 7.45. The van der Waals surface area contributed by atoms with Crippen molar-refractivity contribution >= 4 is 16.7 Å². The average molecular weight is 468 g/mol. The molecule has 4 heteroatoms. The zero-order chi connectivity index (χ0) is 24.7. The van der Waals surface area contributed by atoms with Gasteiger partial charge in [0.05, 0.1) is 0 Å². The predicted molar refractivity (Wildman–Crippen MR) is 140 cm³/mol. The smallest absolute Gasteiger partial charge is 0.287 e. The van der Waals surface area contributed by atoms with E-state index in [1.54, 1.807) is 6.07 Å². The van der Waals surface area contributed by atoms with Crippen molar-refractivity contribution in [3.63, 3.8) is 0 Å². The van der Waals surface area contributed by atoms with Gasteiger partial charge in [-0.3, -0.25) is 4.79 Å². The Morgan fingerprint density at radius 3 is 2.54 bits per heavy atom. The van der Waals surface area contributed by atoms with Crippen LogP contribution in [0.2, 0.25) is 0 Å². The van der Waals surface area contributed by atoms with Gasteiger partial charge in [-0.2, -0.15) is 0 Å². The highest BCUT2D eigenvalue weighted by Crippen LogP contribution is 2.41. The molecule has 4 aromatic rings. The maximum absolute atomic E-state index is 12.8. The van der Waals surface area contributed by atoms with E-state index < -0.39 is 0 Å². The van der Waals surface area contributed by atoms with Crippen LogP contribution in [0, 0.1) is 20.8 Å². The van der Waals surface area contributed by atoms with Gasteiger partial charge < -0.3 is 14.5 Å². The first kappa shape index (κ1) is 23.2. The minimum absolute atomic E-state index is 0.131. The molecule has 1 aliphatic rings. The number of rotatable bonds is 5. The summed E-state index contributed by atoms with van der Waals surface area (Å²) in [5, 5.41) is 5.33. The van der Waals surface area contributed by atoms with Crippen molar-refractivity contribution in [1.82, 2.24) is 5.32 Å². The largest absolute Gasteiger partial charge is 0.487 e. The van der Waals surface area contributed by atoms with Crippen LogP contribution in [0.1, 0.15) is 70.0 Å². The lowest BCUT2D eigenvalue weighted by molar-refractivity contribution is 0.0833. The molecule has 0 unspecified atom stereocenters. The van der Waals surface area contributed by atoms with Gasteiger partial charge >= 0.3 is 0 Å². The first-order chi connectivity index (χ1) is 16.7. The second-order valence-electron chi connectivity index (χ2n) is 10.3. The second kappa shape index (κ2) is 8.92. The Kier molecular flexibility index (Phi) is 5.92. The zero-order valence-electron chi connectivity index (χ0n) is 21.2. The highest BCUT2D eigenvalue weighted by Gasteiger charge is 2.30. The number of benzene rings is 3. The van der Waals surface area contributed by atoms with Gasteiger partial charge in [0.2, 0.25) is 0 Å². The molecular formula is C31H33NO3. The lowest BCUT2D eigenvalue weighted by Gasteiger charge is -2.35. The summed E-state index contributed by atoms with van der Waals surface area (Å²) in [4.78, 5) is 12.8. The minimum Gasteiger partial charge on any atom is -0.487 e. The van der Waals surface area contributed by atoms with E-state index in [1.807, 2.05) is 30.3 Å². The van der Waals surface area contributed by atoms with Gasteiger partial charge in [0, 0.05) is 13.0 Å². The number of furan rings is 1. The zero-order valence-corrected chi connectivity index (χ0v) is 21.2. The standard InChI is InChI=1S/C31H33NO3/c1-19-20(2)29-25(15-16-31(4,5)35-29)21(3)27(19)17-24-13-14-28(34-24)30(33)32-18-23-11-8-10-22-9-6-7-12-26(22)23/h6-14H,15-18H2,1-5H3,(H,32,33). The van der Waals surface area contributed by atoms with E-state index in [0.717, 1.165) is 35.3 Å². The summed E-state index contributed by atoms with van der Waals surface area (Å²) in [5.74, 6) is 1.99. The molecule has 3 aromatic carbocycles.